The zero-order valence-corrected chi connectivity index (χ0v) is 13.9. The zero-order chi connectivity index (χ0) is 16.6. The van der Waals surface area contributed by atoms with Gasteiger partial charge in [-0.15, -0.1) is 0 Å². The van der Waals surface area contributed by atoms with Crippen molar-refractivity contribution in [2.45, 2.75) is 13.3 Å². The normalized spacial score (nSPS) is 17.9. The molecule has 6 nitrogen and oxygen atoms in total. The molecule has 0 saturated carbocycles. The van der Waals surface area contributed by atoms with Crippen molar-refractivity contribution in [1.82, 2.24) is 4.98 Å². The molecular weight excluding hydrogens is 336 g/mol. The molecule has 1 atom stereocenters. The molecule has 1 amide bonds. The van der Waals surface area contributed by atoms with E-state index in [0.717, 1.165) is 4.70 Å². The number of fused-ring (bicyclic) bond motifs is 1. The molecule has 0 bridgehead atoms. The number of aromatic carboxylic acids is 1. The van der Waals surface area contributed by atoms with E-state index in [4.69, 9.17) is 5.11 Å². The number of hydrogen-bond acceptors (Lipinski definition) is 6. The molecule has 1 aliphatic rings. The van der Waals surface area contributed by atoms with Gasteiger partial charge in [-0.25, -0.2) is 9.78 Å². The summed E-state index contributed by atoms with van der Waals surface area (Å²) in [5.41, 5.74) is 0.889. The summed E-state index contributed by atoms with van der Waals surface area (Å²) in [5.74, 6) is -0.221. The van der Waals surface area contributed by atoms with E-state index in [-0.39, 0.29) is 22.5 Å². The van der Waals surface area contributed by atoms with Gasteiger partial charge in [-0.2, -0.15) is 0 Å². The highest BCUT2D eigenvalue weighted by Gasteiger charge is 2.32. The number of carboxylic acid groups (broad SMARTS) is 1. The maximum atomic E-state index is 12.2. The molecule has 1 saturated heterocycles. The zero-order valence-electron chi connectivity index (χ0n) is 12.3. The number of amides is 1. The van der Waals surface area contributed by atoms with Crippen LogP contribution in [0.15, 0.2) is 18.2 Å². The third-order valence-corrected chi connectivity index (χ3v) is 5.67. The summed E-state index contributed by atoms with van der Waals surface area (Å²) >= 11 is 2.55. The van der Waals surface area contributed by atoms with E-state index in [1.54, 1.807) is 17.0 Å². The monoisotopic (exact) mass is 350 g/mol. The number of nitrogens with zero attached hydrogens (tertiary/aromatic N) is 2. The van der Waals surface area contributed by atoms with Gasteiger partial charge in [0.2, 0.25) is 5.91 Å². The van der Waals surface area contributed by atoms with Gasteiger partial charge >= 0.3 is 5.97 Å². The lowest BCUT2D eigenvalue weighted by atomic mass is 10.1. The molecule has 1 fully saturated rings. The van der Waals surface area contributed by atoms with Crippen LogP contribution in [0.5, 0.6) is 0 Å². The average molecular weight is 350 g/mol. The number of carbonyl (C=O) groups is 3. The van der Waals surface area contributed by atoms with Crippen molar-refractivity contribution in [3.63, 3.8) is 0 Å². The number of thiazole rings is 1. The standard InChI is InChI=1S/C15H14N2O4S2/c1-8(18)22-7-9-4-13(19)17(6-9)15-16-11-3-2-10(14(20)21)5-12(11)23-15/h2-3,5,9H,4,6-7H2,1H3,(H,20,21). The fraction of sp³-hybridized carbons (Fsp3) is 0.333. The summed E-state index contributed by atoms with van der Waals surface area (Å²) in [4.78, 5) is 40.3. The molecule has 1 aliphatic heterocycles. The van der Waals surface area contributed by atoms with Crippen LogP contribution in [0.3, 0.4) is 0 Å². The first-order chi connectivity index (χ1) is 10.9. The molecule has 2 aromatic rings. The molecule has 0 spiro atoms. The number of benzene rings is 1. The SMILES string of the molecule is CC(=O)SCC1CC(=O)N(c2nc3ccc(C(=O)O)cc3s2)C1. The van der Waals surface area contributed by atoms with Gasteiger partial charge < -0.3 is 5.11 Å². The summed E-state index contributed by atoms with van der Waals surface area (Å²) in [5, 5.41) is 9.67. The highest BCUT2D eigenvalue weighted by molar-refractivity contribution is 8.13. The van der Waals surface area contributed by atoms with E-state index in [0.29, 0.717) is 29.4 Å². The lowest BCUT2D eigenvalue weighted by Gasteiger charge is -2.12. The predicted molar refractivity (Wildman–Crippen MR) is 90.2 cm³/mol. The van der Waals surface area contributed by atoms with Gasteiger partial charge in [0, 0.05) is 25.6 Å². The van der Waals surface area contributed by atoms with E-state index in [1.165, 1.54) is 36.1 Å². The van der Waals surface area contributed by atoms with Gasteiger partial charge in [0.05, 0.1) is 15.8 Å². The maximum absolute atomic E-state index is 12.2. The second-order valence-corrected chi connectivity index (χ2v) is 7.57. The molecule has 23 heavy (non-hydrogen) atoms. The molecule has 2 heterocycles. The molecule has 8 heteroatoms. The van der Waals surface area contributed by atoms with E-state index in [1.807, 2.05) is 0 Å². The quantitative estimate of drug-likeness (QED) is 0.912. The Hall–Kier alpha value is -1.93. The number of rotatable bonds is 4. The first-order valence-corrected chi connectivity index (χ1v) is 8.82. The van der Waals surface area contributed by atoms with Crippen LogP contribution in [0.25, 0.3) is 10.2 Å². The second kappa shape index (κ2) is 6.29. The van der Waals surface area contributed by atoms with Crippen molar-refractivity contribution in [2.24, 2.45) is 5.92 Å². The number of carboxylic acids is 1. The van der Waals surface area contributed by atoms with Gasteiger partial charge in [-0.1, -0.05) is 23.1 Å². The third kappa shape index (κ3) is 3.37. The summed E-state index contributed by atoms with van der Waals surface area (Å²) in [6.07, 6.45) is 0.413. The van der Waals surface area contributed by atoms with Crippen LogP contribution in [0.4, 0.5) is 5.13 Å². The minimum atomic E-state index is -0.986. The first kappa shape index (κ1) is 15.9. The number of aromatic nitrogens is 1. The van der Waals surface area contributed by atoms with Gasteiger partial charge in [0.25, 0.3) is 0 Å². The Labute approximate surface area is 140 Å². The Kier molecular flexibility index (Phi) is 4.36. The van der Waals surface area contributed by atoms with E-state index >= 15 is 0 Å². The van der Waals surface area contributed by atoms with Crippen molar-refractivity contribution < 1.29 is 19.5 Å². The van der Waals surface area contributed by atoms with Crippen molar-refractivity contribution >= 4 is 55.4 Å². The van der Waals surface area contributed by atoms with Crippen LogP contribution in [0.2, 0.25) is 0 Å². The second-order valence-electron chi connectivity index (χ2n) is 5.36. The molecule has 120 valence electrons. The number of carbonyl (C=O) groups excluding carboxylic acids is 2. The van der Waals surface area contributed by atoms with Gasteiger partial charge in [-0.3, -0.25) is 14.5 Å². The van der Waals surface area contributed by atoms with Crippen LogP contribution < -0.4 is 4.90 Å². The van der Waals surface area contributed by atoms with Crippen molar-refractivity contribution in [3.8, 4) is 0 Å². The third-order valence-electron chi connectivity index (χ3n) is 3.58. The van der Waals surface area contributed by atoms with Crippen LogP contribution in [-0.4, -0.2) is 39.4 Å². The average Bonchev–Trinajstić information content (AvgIpc) is 3.07. The van der Waals surface area contributed by atoms with Crippen molar-refractivity contribution in [1.29, 1.82) is 0 Å². The van der Waals surface area contributed by atoms with E-state index in [2.05, 4.69) is 4.98 Å². The van der Waals surface area contributed by atoms with Crippen LogP contribution in [0, 0.1) is 5.92 Å². The topological polar surface area (TPSA) is 87.6 Å². The fourth-order valence-electron chi connectivity index (χ4n) is 2.47. The van der Waals surface area contributed by atoms with Crippen molar-refractivity contribution in [3.05, 3.63) is 23.8 Å². The lowest BCUT2D eigenvalue weighted by Crippen LogP contribution is -2.24. The van der Waals surface area contributed by atoms with Crippen LogP contribution >= 0.6 is 23.1 Å². The van der Waals surface area contributed by atoms with E-state index < -0.39 is 5.97 Å². The molecule has 0 radical (unpaired) electrons. The van der Waals surface area contributed by atoms with Crippen LogP contribution in [-0.2, 0) is 9.59 Å². The summed E-state index contributed by atoms with van der Waals surface area (Å²) < 4.78 is 0.745. The summed E-state index contributed by atoms with van der Waals surface area (Å²) in [7, 11) is 0. The molecule has 3 rings (SSSR count). The maximum Gasteiger partial charge on any atom is 0.335 e. The highest BCUT2D eigenvalue weighted by Crippen LogP contribution is 2.34. The predicted octanol–water partition coefficient (Wildman–Crippen LogP) is 2.63. The smallest absolute Gasteiger partial charge is 0.335 e. The minimum Gasteiger partial charge on any atom is -0.478 e. The Morgan fingerprint density at radius 1 is 1.48 bits per heavy atom. The minimum absolute atomic E-state index is 0.00309. The molecule has 1 aromatic heterocycles. The lowest BCUT2D eigenvalue weighted by molar-refractivity contribution is -0.117. The highest BCUT2D eigenvalue weighted by atomic mass is 32.2. The Morgan fingerprint density at radius 2 is 2.26 bits per heavy atom. The van der Waals surface area contributed by atoms with Crippen LogP contribution in [0.1, 0.15) is 23.7 Å². The fourth-order valence-corrected chi connectivity index (χ4v) is 4.20. The van der Waals surface area contributed by atoms with Gasteiger partial charge in [-0.05, 0) is 24.1 Å². The molecule has 1 N–H and O–H groups in total. The first-order valence-electron chi connectivity index (χ1n) is 7.01. The Morgan fingerprint density at radius 3 is 2.96 bits per heavy atom. The van der Waals surface area contributed by atoms with E-state index in [9.17, 15) is 14.4 Å². The molecule has 1 aromatic carbocycles. The number of anilines is 1. The largest absolute Gasteiger partial charge is 0.478 e. The molecular formula is C15H14N2O4S2. The van der Waals surface area contributed by atoms with Gasteiger partial charge in [0.1, 0.15) is 0 Å². The van der Waals surface area contributed by atoms with Gasteiger partial charge in [0.15, 0.2) is 10.2 Å². The molecule has 1 unspecified atom stereocenters. The Balaban J connectivity index is 1.81. The number of hydrogen-bond donors (Lipinski definition) is 1. The Bertz CT molecular complexity index is 802. The molecule has 0 aliphatic carbocycles. The summed E-state index contributed by atoms with van der Waals surface area (Å²) in [6.45, 7) is 2.07. The van der Waals surface area contributed by atoms with Crippen molar-refractivity contribution in [2.75, 3.05) is 17.2 Å². The number of thioether (sulfide) groups is 1. The summed E-state index contributed by atoms with van der Waals surface area (Å²) in [6, 6.07) is 4.73.